The van der Waals surface area contributed by atoms with E-state index >= 15 is 0 Å². The van der Waals surface area contributed by atoms with Gasteiger partial charge in [-0.25, -0.2) is 0 Å². The predicted molar refractivity (Wildman–Crippen MR) is 64.2 cm³/mol. The highest BCUT2D eigenvalue weighted by atomic mass is 79.9. The van der Waals surface area contributed by atoms with Crippen LogP contribution in [0.5, 0.6) is 0 Å². The largest absolute Gasteiger partial charge is 0.365 e. The maximum absolute atomic E-state index is 11.8. The van der Waals surface area contributed by atoms with Gasteiger partial charge < -0.3 is 10.1 Å². The summed E-state index contributed by atoms with van der Waals surface area (Å²) in [5, 5.41) is 3.95. The van der Waals surface area contributed by atoms with Gasteiger partial charge in [-0.05, 0) is 32.1 Å². The molecule has 1 N–H and O–H groups in total. The van der Waals surface area contributed by atoms with Crippen LogP contribution in [0.15, 0.2) is 0 Å². The van der Waals surface area contributed by atoms with Crippen LogP contribution in [0.1, 0.15) is 33.1 Å². The van der Waals surface area contributed by atoms with Gasteiger partial charge >= 0.3 is 0 Å². The molecule has 0 saturated carbocycles. The second-order valence-electron chi connectivity index (χ2n) is 4.48. The van der Waals surface area contributed by atoms with Crippen LogP contribution in [0.3, 0.4) is 0 Å². The van der Waals surface area contributed by atoms with Crippen molar-refractivity contribution in [3.05, 3.63) is 0 Å². The summed E-state index contributed by atoms with van der Waals surface area (Å²) in [4.78, 5) is 11.8. The minimum absolute atomic E-state index is 0.0430. The summed E-state index contributed by atoms with van der Waals surface area (Å²) in [6.07, 6.45) is 2.91. The summed E-state index contributed by atoms with van der Waals surface area (Å²) in [5.41, 5.74) is -0.575. The lowest BCUT2D eigenvalue weighted by Gasteiger charge is -2.23. The molecule has 1 fully saturated rings. The Bertz CT molecular complexity index is 215. The lowest BCUT2D eigenvalue weighted by molar-refractivity contribution is -0.139. The van der Waals surface area contributed by atoms with E-state index in [-0.39, 0.29) is 5.91 Å². The van der Waals surface area contributed by atoms with Gasteiger partial charge in [-0.1, -0.05) is 22.9 Å². The summed E-state index contributed by atoms with van der Waals surface area (Å²) >= 11 is 3.40. The Labute approximate surface area is 100 Å². The number of rotatable bonds is 5. The Balaban J connectivity index is 2.29. The van der Waals surface area contributed by atoms with Gasteiger partial charge in [0.1, 0.15) is 5.60 Å². The summed E-state index contributed by atoms with van der Waals surface area (Å²) in [7, 11) is 0. The number of halogens is 1. The third-order valence-electron chi connectivity index (χ3n) is 2.91. The number of hydrogen-bond acceptors (Lipinski definition) is 2. The minimum atomic E-state index is -0.575. The van der Waals surface area contributed by atoms with Crippen LogP contribution in [-0.4, -0.2) is 30.0 Å². The molecule has 0 radical (unpaired) electrons. The molecule has 1 rings (SSSR count). The highest BCUT2D eigenvalue weighted by Crippen LogP contribution is 2.25. The van der Waals surface area contributed by atoms with E-state index in [1.165, 1.54) is 0 Å². The highest BCUT2D eigenvalue weighted by Gasteiger charge is 2.37. The molecule has 0 bridgehead atoms. The number of nitrogens with one attached hydrogen (secondary N) is 1. The fourth-order valence-corrected chi connectivity index (χ4v) is 2.48. The lowest BCUT2D eigenvalue weighted by atomic mass is 10.0. The van der Waals surface area contributed by atoms with E-state index in [1.54, 1.807) is 0 Å². The number of ether oxygens (including phenoxy) is 1. The van der Waals surface area contributed by atoms with Crippen LogP contribution in [-0.2, 0) is 9.53 Å². The number of carbonyl (C=O) groups excluding carboxylic acids is 1. The van der Waals surface area contributed by atoms with Crippen LogP contribution in [0.2, 0.25) is 0 Å². The van der Waals surface area contributed by atoms with Crippen molar-refractivity contribution in [2.45, 2.75) is 38.7 Å². The van der Waals surface area contributed by atoms with Gasteiger partial charge in [-0.3, -0.25) is 4.79 Å². The molecule has 0 aromatic rings. The summed E-state index contributed by atoms with van der Waals surface area (Å²) in [5.74, 6) is 0.555. The van der Waals surface area contributed by atoms with Gasteiger partial charge in [0, 0.05) is 18.5 Å². The molecular formula is C11H20BrNO2. The first-order valence-corrected chi connectivity index (χ1v) is 6.69. The molecule has 4 heteroatoms. The highest BCUT2D eigenvalue weighted by molar-refractivity contribution is 9.09. The first-order chi connectivity index (χ1) is 7.08. The fourth-order valence-electron chi connectivity index (χ4n) is 1.70. The molecule has 0 aromatic heterocycles. The van der Waals surface area contributed by atoms with Gasteiger partial charge in [0.25, 0.3) is 5.91 Å². The smallest absolute Gasteiger partial charge is 0.251 e. The van der Waals surface area contributed by atoms with E-state index in [1.807, 2.05) is 6.92 Å². The van der Waals surface area contributed by atoms with Crippen LogP contribution >= 0.6 is 15.9 Å². The summed E-state index contributed by atoms with van der Waals surface area (Å²) in [6, 6.07) is 0. The SMILES string of the molecule is CC(CCBr)CNC(=O)C1(C)CCCO1. The average Bonchev–Trinajstić information content (AvgIpc) is 2.63. The Morgan fingerprint density at radius 2 is 2.40 bits per heavy atom. The Morgan fingerprint density at radius 1 is 1.67 bits per heavy atom. The molecule has 88 valence electrons. The Kier molecular flexibility index (Phi) is 5.06. The molecule has 2 atom stereocenters. The summed E-state index contributed by atoms with van der Waals surface area (Å²) in [6.45, 7) is 5.47. The van der Waals surface area contributed by atoms with Crippen LogP contribution in [0.25, 0.3) is 0 Å². The van der Waals surface area contributed by atoms with Crippen molar-refractivity contribution in [3.63, 3.8) is 0 Å². The van der Waals surface area contributed by atoms with Crippen LogP contribution in [0, 0.1) is 5.92 Å². The first-order valence-electron chi connectivity index (χ1n) is 5.57. The molecule has 1 aliphatic heterocycles. The van der Waals surface area contributed by atoms with Crippen molar-refractivity contribution >= 4 is 21.8 Å². The van der Waals surface area contributed by atoms with Crippen molar-refractivity contribution in [1.82, 2.24) is 5.32 Å². The van der Waals surface area contributed by atoms with Crippen molar-refractivity contribution in [2.24, 2.45) is 5.92 Å². The van der Waals surface area contributed by atoms with Gasteiger partial charge in [-0.15, -0.1) is 0 Å². The Hall–Kier alpha value is -0.0900. The molecular weight excluding hydrogens is 258 g/mol. The summed E-state index contributed by atoms with van der Waals surface area (Å²) < 4.78 is 5.47. The molecule has 3 nitrogen and oxygen atoms in total. The topological polar surface area (TPSA) is 38.3 Å². The maximum atomic E-state index is 11.8. The first kappa shape index (κ1) is 13.0. The normalized spacial score (nSPS) is 27.7. The molecule has 0 aliphatic carbocycles. The monoisotopic (exact) mass is 277 g/mol. The number of amides is 1. The van der Waals surface area contributed by atoms with Gasteiger partial charge in [-0.2, -0.15) is 0 Å². The maximum Gasteiger partial charge on any atom is 0.251 e. The quantitative estimate of drug-likeness (QED) is 0.782. The van der Waals surface area contributed by atoms with Crippen molar-refractivity contribution in [2.75, 3.05) is 18.5 Å². The van der Waals surface area contributed by atoms with E-state index in [0.717, 1.165) is 31.1 Å². The molecule has 0 aromatic carbocycles. The van der Waals surface area contributed by atoms with Crippen LogP contribution < -0.4 is 5.32 Å². The second kappa shape index (κ2) is 5.85. The van der Waals surface area contributed by atoms with E-state index in [2.05, 4.69) is 28.2 Å². The van der Waals surface area contributed by atoms with E-state index < -0.39 is 5.60 Å². The molecule has 1 aliphatic rings. The van der Waals surface area contributed by atoms with Gasteiger partial charge in [0.2, 0.25) is 0 Å². The fraction of sp³-hybridized carbons (Fsp3) is 0.909. The molecule has 0 spiro atoms. The van der Waals surface area contributed by atoms with Crippen molar-refractivity contribution in [3.8, 4) is 0 Å². The molecule has 15 heavy (non-hydrogen) atoms. The second-order valence-corrected chi connectivity index (χ2v) is 5.27. The van der Waals surface area contributed by atoms with Crippen molar-refractivity contribution in [1.29, 1.82) is 0 Å². The zero-order valence-corrected chi connectivity index (χ0v) is 11.1. The van der Waals surface area contributed by atoms with E-state index in [9.17, 15) is 4.79 Å². The van der Waals surface area contributed by atoms with E-state index in [0.29, 0.717) is 12.5 Å². The zero-order chi connectivity index (χ0) is 11.3. The predicted octanol–water partition coefficient (Wildman–Crippen LogP) is 2.09. The number of hydrogen-bond donors (Lipinski definition) is 1. The third kappa shape index (κ3) is 3.76. The molecule has 1 amide bonds. The lowest BCUT2D eigenvalue weighted by Crippen LogP contribution is -2.45. The van der Waals surface area contributed by atoms with Crippen molar-refractivity contribution < 1.29 is 9.53 Å². The molecule has 1 saturated heterocycles. The Morgan fingerprint density at radius 3 is 2.93 bits per heavy atom. The van der Waals surface area contributed by atoms with Gasteiger partial charge in [0.15, 0.2) is 0 Å². The van der Waals surface area contributed by atoms with Crippen LogP contribution in [0.4, 0.5) is 0 Å². The minimum Gasteiger partial charge on any atom is -0.365 e. The molecule has 1 heterocycles. The molecule has 2 unspecified atom stereocenters. The third-order valence-corrected chi connectivity index (χ3v) is 3.37. The average molecular weight is 278 g/mol. The van der Waals surface area contributed by atoms with E-state index in [4.69, 9.17) is 4.74 Å². The number of carbonyl (C=O) groups is 1. The zero-order valence-electron chi connectivity index (χ0n) is 9.51. The standard InChI is InChI=1S/C11H20BrNO2/c1-9(4-6-12)8-13-10(14)11(2)5-3-7-15-11/h9H,3-8H2,1-2H3,(H,13,14). The van der Waals surface area contributed by atoms with Gasteiger partial charge in [0.05, 0.1) is 0 Å². The number of alkyl halides is 1.